The molecule has 4 rings (SSSR count). The fourth-order valence-corrected chi connectivity index (χ4v) is 6.12. The van der Waals surface area contributed by atoms with E-state index in [2.05, 4.69) is 34.4 Å². The van der Waals surface area contributed by atoms with Crippen LogP contribution in [0, 0.1) is 17.8 Å². The summed E-state index contributed by atoms with van der Waals surface area (Å²) in [5.41, 5.74) is 0.239. The van der Waals surface area contributed by atoms with E-state index in [9.17, 15) is 33.6 Å². The summed E-state index contributed by atoms with van der Waals surface area (Å²) in [7, 11) is 0. The number of hydrogen-bond acceptors (Lipinski definition) is 9. The summed E-state index contributed by atoms with van der Waals surface area (Å²) < 4.78 is 0. The molecule has 1 aliphatic carbocycles. The monoisotopic (exact) mass is 733 g/mol. The Kier molecular flexibility index (Phi) is 24.1. The van der Waals surface area contributed by atoms with Gasteiger partial charge in [0.1, 0.15) is 24.3 Å². The molecule has 1 aromatic heterocycles. The summed E-state index contributed by atoms with van der Waals surface area (Å²) >= 11 is 0. The van der Waals surface area contributed by atoms with Gasteiger partial charge in [0, 0.05) is 31.5 Å². The lowest BCUT2D eigenvalue weighted by atomic mass is 9.83. The van der Waals surface area contributed by atoms with E-state index in [0.717, 1.165) is 38.5 Å². The van der Waals surface area contributed by atoms with E-state index in [4.69, 9.17) is 5.11 Å². The maximum atomic E-state index is 12.8. The Morgan fingerprint density at radius 2 is 1.62 bits per heavy atom. The van der Waals surface area contributed by atoms with Gasteiger partial charge in [-0.1, -0.05) is 67.7 Å². The maximum absolute atomic E-state index is 12.8. The second-order valence-corrected chi connectivity index (χ2v) is 12.8. The maximum Gasteiger partial charge on any atom is 0.322 e. The minimum absolute atomic E-state index is 0.0276. The van der Waals surface area contributed by atoms with Crippen LogP contribution in [0.5, 0.6) is 0 Å². The third-order valence-electron chi connectivity index (χ3n) is 9.01. The molecule has 3 aliphatic rings. The van der Waals surface area contributed by atoms with Crippen molar-refractivity contribution in [3.05, 3.63) is 24.3 Å². The third kappa shape index (κ3) is 15.9. The minimum Gasteiger partial charge on any atom is -0.480 e. The van der Waals surface area contributed by atoms with E-state index in [0.29, 0.717) is 37.8 Å². The molecule has 2 saturated heterocycles. The number of hydrogen-bond donors (Lipinski definition) is 4. The van der Waals surface area contributed by atoms with Crippen molar-refractivity contribution in [1.29, 1.82) is 0 Å². The van der Waals surface area contributed by atoms with Gasteiger partial charge >= 0.3 is 5.97 Å². The van der Waals surface area contributed by atoms with E-state index in [1.165, 1.54) is 31.9 Å². The number of carboxylic acid groups (broad SMARTS) is 1. The number of ketones is 1. The average Bonchev–Trinajstić information content (AvgIpc) is 3.52. The molecule has 15 nitrogen and oxygen atoms in total. The molecule has 3 heterocycles. The lowest BCUT2D eigenvalue weighted by Crippen LogP contribution is -2.53. The number of nitrogens with zero attached hydrogens (tertiary/aromatic N) is 4. The second-order valence-electron chi connectivity index (χ2n) is 12.8. The Morgan fingerprint density at radius 3 is 2.08 bits per heavy atom. The third-order valence-corrected chi connectivity index (χ3v) is 9.01. The number of amides is 5. The zero-order valence-electron chi connectivity index (χ0n) is 32.6. The van der Waals surface area contributed by atoms with Gasteiger partial charge in [-0.2, -0.15) is 0 Å². The van der Waals surface area contributed by atoms with Crippen molar-refractivity contribution in [2.45, 2.75) is 131 Å². The van der Waals surface area contributed by atoms with E-state index in [-0.39, 0.29) is 59.8 Å². The van der Waals surface area contributed by atoms with Gasteiger partial charge in [0.15, 0.2) is 5.78 Å². The van der Waals surface area contributed by atoms with Crippen molar-refractivity contribution in [1.82, 2.24) is 35.7 Å². The molecule has 5 amide bonds. The first-order valence-corrected chi connectivity index (χ1v) is 18.6. The average molecular weight is 734 g/mol. The number of carboxylic acids is 1. The summed E-state index contributed by atoms with van der Waals surface area (Å²) in [4.78, 5) is 89.9. The Morgan fingerprint density at radius 1 is 0.981 bits per heavy atom. The first-order chi connectivity index (χ1) is 24.8. The topological polar surface area (TPSA) is 208 Å². The number of rotatable bonds is 13. The van der Waals surface area contributed by atoms with Gasteiger partial charge in [-0.3, -0.25) is 38.5 Å². The smallest absolute Gasteiger partial charge is 0.322 e. The van der Waals surface area contributed by atoms with Crippen LogP contribution in [0.25, 0.3) is 0 Å². The lowest BCUT2D eigenvalue weighted by Gasteiger charge is -2.36. The standard InChI is InChI=1S/C18H28N4O2.C12H18N2O3.C3H5NO3.2C2H6/c1-12(2)13(3)21-18(24)16(14-7-5-4-6-8-14)22-17(23)15-11-19-9-10-20-15;1-3-10(8(2)16)14-6-9-4-11(12(14)17)13(5-9)7-15;5-2-4-1-3(6)7;2*1-2/h9-14,16H,4-8H2,1-3H3,(H,21,24)(H,22,23);7,9-11H,3-6H2,1-2H3;2H,1H2,(H,4,5)(H,6,7);2*1-2H3/t13?,16-;;;;/m0..../s1. The Labute approximate surface area is 309 Å². The van der Waals surface area contributed by atoms with E-state index >= 15 is 0 Å². The summed E-state index contributed by atoms with van der Waals surface area (Å²) in [5, 5.41) is 15.7. The highest BCUT2D eigenvalue weighted by Gasteiger charge is 2.46. The van der Waals surface area contributed by atoms with Crippen molar-refractivity contribution in [3.63, 3.8) is 0 Å². The summed E-state index contributed by atoms with van der Waals surface area (Å²) in [6.07, 6.45) is 12.2. The predicted octanol–water partition coefficient (Wildman–Crippen LogP) is 3.23. The second kappa shape index (κ2) is 26.4. The van der Waals surface area contributed by atoms with E-state index in [1.807, 2.05) is 46.9 Å². The molecule has 4 unspecified atom stereocenters. The molecule has 0 radical (unpaired) electrons. The number of likely N-dealkylation sites (tertiary alicyclic amines) is 2. The zero-order chi connectivity index (χ0) is 39.8. The molecule has 2 aliphatic heterocycles. The molecule has 1 saturated carbocycles. The molecular formula is C37H63N7O8. The van der Waals surface area contributed by atoms with Crippen molar-refractivity contribution in [2.24, 2.45) is 17.8 Å². The van der Waals surface area contributed by atoms with Crippen LogP contribution in [0.15, 0.2) is 18.6 Å². The van der Waals surface area contributed by atoms with Gasteiger partial charge in [-0.25, -0.2) is 4.98 Å². The van der Waals surface area contributed by atoms with Gasteiger partial charge in [0.05, 0.1) is 12.2 Å². The van der Waals surface area contributed by atoms with Crippen LogP contribution in [0.4, 0.5) is 0 Å². The van der Waals surface area contributed by atoms with Crippen molar-refractivity contribution < 1.29 is 38.7 Å². The highest BCUT2D eigenvalue weighted by molar-refractivity contribution is 5.96. The highest BCUT2D eigenvalue weighted by atomic mass is 16.4. The molecule has 294 valence electrons. The summed E-state index contributed by atoms with van der Waals surface area (Å²) in [6.45, 7) is 18.5. The number of Topliss-reactive ketones (excluding diaryl/α,β-unsaturated/α-hetero) is 1. The predicted molar refractivity (Wildman–Crippen MR) is 198 cm³/mol. The zero-order valence-corrected chi connectivity index (χ0v) is 32.6. The fourth-order valence-electron chi connectivity index (χ4n) is 6.12. The van der Waals surface area contributed by atoms with Crippen molar-refractivity contribution >= 4 is 42.3 Å². The first kappa shape index (κ1) is 47.6. The molecule has 15 heteroatoms. The minimum atomic E-state index is -1.04. The van der Waals surface area contributed by atoms with Crippen LogP contribution < -0.4 is 16.0 Å². The number of aliphatic carboxylic acids is 1. The van der Waals surface area contributed by atoms with Crippen LogP contribution in [-0.2, 0) is 28.8 Å². The normalized spacial score (nSPS) is 19.2. The Bertz CT molecular complexity index is 1240. The van der Waals surface area contributed by atoms with Crippen molar-refractivity contribution in [2.75, 3.05) is 19.6 Å². The van der Waals surface area contributed by atoms with Crippen LogP contribution in [0.1, 0.15) is 118 Å². The van der Waals surface area contributed by atoms with Gasteiger partial charge in [0.25, 0.3) is 5.91 Å². The number of carbonyl (C=O) groups excluding carboxylic acids is 6. The van der Waals surface area contributed by atoms with Crippen LogP contribution >= 0.6 is 0 Å². The Hall–Kier alpha value is -4.43. The molecule has 1 aromatic rings. The first-order valence-electron chi connectivity index (χ1n) is 18.6. The fraction of sp³-hybridized carbons (Fsp3) is 0.703. The molecule has 5 atom stereocenters. The van der Waals surface area contributed by atoms with Crippen molar-refractivity contribution in [3.8, 4) is 0 Å². The highest BCUT2D eigenvalue weighted by Crippen LogP contribution is 2.31. The van der Waals surface area contributed by atoms with Crippen LogP contribution in [0.2, 0.25) is 0 Å². The number of piperidine rings is 1. The molecular weight excluding hydrogens is 670 g/mol. The number of nitrogens with one attached hydrogen (secondary N) is 3. The van der Waals surface area contributed by atoms with Gasteiger partial charge in [0.2, 0.25) is 24.6 Å². The molecule has 4 N–H and O–H groups in total. The lowest BCUT2D eigenvalue weighted by molar-refractivity contribution is -0.145. The van der Waals surface area contributed by atoms with Crippen LogP contribution in [-0.4, -0.2) is 111 Å². The van der Waals surface area contributed by atoms with Gasteiger partial charge in [-0.15, -0.1) is 0 Å². The number of carbonyl (C=O) groups is 7. The van der Waals surface area contributed by atoms with E-state index < -0.39 is 12.0 Å². The van der Waals surface area contributed by atoms with Gasteiger partial charge in [-0.05, 0) is 57.3 Å². The number of aromatic nitrogens is 2. The summed E-state index contributed by atoms with van der Waals surface area (Å²) in [5.74, 6) is -0.655. The SMILES string of the molecule is CC.CC.CC(C)C(C)NC(=O)[C@@H](NC(=O)c1cnccn1)C1CCCCC1.CCC(C(C)=O)N1CC2CC(C1=O)N(C=O)C2.O=CNCC(=O)O. The molecule has 0 aromatic carbocycles. The van der Waals surface area contributed by atoms with Gasteiger partial charge < -0.3 is 30.9 Å². The Balaban J connectivity index is 0.000000806. The quantitative estimate of drug-likeness (QED) is 0.218. The van der Waals surface area contributed by atoms with E-state index in [1.54, 1.807) is 9.80 Å². The largest absolute Gasteiger partial charge is 0.480 e. The van der Waals surface area contributed by atoms with Crippen LogP contribution in [0.3, 0.4) is 0 Å². The molecule has 3 fully saturated rings. The summed E-state index contributed by atoms with van der Waals surface area (Å²) in [6, 6.07) is -1.10. The molecule has 52 heavy (non-hydrogen) atoms. The number of fused-ring (bicyclic) bond motifs is 2. The molecule has 2 bridgehead atoms. The molecule has 0 spiro atoms.